The summed E-state index contributed by atoms with van der Waals surface area (Å²) in [5, 5.41) is 1.41. The van der Waals surface area contributed by atoms with E-state index in [4.69, 9.17) is 0 Å². The third-order valence-electron chi connectivity index (χ3n) is 6.18. The number of halogens is 1. The maximum Gasteiger partial charge on any atom is 0.258 e. The van der Waals surface area contributed by atoms with Gasteiger partial charge in [-0.2, -0.15) is 0 Å². The van der Waals surface area contributed by atoms with E-state index in [0.29, 0.717) is 5.57 Å². The second-order valence-electron chi connectivity index (χ2n) is 9.35. The monoisotopic (exact) mass is 474 g/mol. The van der Waals surface area contributed by atoms with Crippen molar-refractivity contribution in [3.8, 4) is 0 Å². The normalized spacial score (nSPS) is 13.5. The lowest BCUT2D eigenvalue weighted by Crippen LogP contribution is -2.28. The Bertz CT molecular complexity index is 1220. The molecule has 0 N–H and O–H groups in total. The Kier molecular flexibility index (Phi) is 9.82. The van der Waals surface area contributed by atoms with E-state index in [9.17, 15) is 9.18 Å². The number of rotatable bonds is 7. The molecule has 35 heavy (non-hydrogen) atoms. The van der Waals surface area contributed by atoms with Crippen LogP contribution in [-0.2, 0) is 4.79 Å². The van der Waals surface area contributed by atoms with E-state index >= 15 is 0 Å². The van der Waals surface area contributed by atoms with E-state index in [2.05, 4.69) is 55.1 Å². The molecule has 3 rings (SSSR count). The molecule has 2 aromatic rings. The van der Waals surface area contributed by atoms with Crippen LogP contribution in [0.25, 0.3) is 10.9 Å². The number of hydrogen-bond donors (Lipinski definition) is 0. The summed E-state index contributed by atoms with van der Waals surface area (Å²) in [7, 11) is 1.56. The van der Waals surface area contributed by atoms with Gasteiger partial charge in [-0.1, -0.05) is 54.7 Å². The van der Waals surface area contributed by atoms with E-state index < -0.39 is 5.83 Å². The first-order valence-corrected chi connectivity index (χ1v) is 12.0. The number of carbonyl (C=O) groups is 1. The molecule has 186 valence electrons. The SMILES string of the molecule is C=C/C=C\C(F)=C(/C)N(C)C(=O)C(=C(C)C)C(C=C)=C(C)C.Cc1cccc2c1ccn2C1CC1. The van der Waals surface area contributed by atoms with Gasteiger partial charge in [-0.05, 0) is 83.7 Å². The van der Waals surface area contributed by atoms with Gasteiger partial charge in [-0.25, -0.2) is 4.39 Å². The van der Waals surface area contributed by atoms with E-state index in [-0.39, 0.29) is 11.6 Å². The fourth-order valence-corrected chi connectivity index (χ4v) is 3.92. The zero-order chi connectivity index (χ0) is 26.3. The van der Waals surface area contributed by atoms with Gasteiger partial charge in [-0.15, -0.1) is 0 Å². The van der Waals surface area contributed by atoms with Crippen molar-refractivity contribution in [2.75, 3.05) is 7.05 Å². The Morgan fingerprint density at radius 2 is 1.74 bits per heavy atom. The highest BCUT2D eigenvalue weighted by Crippen LogP contribution is 2.38. The fraction of sp³-hybridized carbons (Fsp3) is 0.323. The van der Waals surface area contributed by atoms with Crippen molar-refractivity contribution in [1.82, 2.24) is 9.47 Å². The van der Waals surface area contributed by atoms with Crippen molar-refractivity contribution in [2.45, 2.75) is 60.4 Å². The van der Waals surface area contributed by atoms with Crippen molar-refractivity contribution < 1.29 is 9.18 Å². The molecule has 1 amide bonds. The lowest BCUT2D eigenvalue weighted by molar-refractivity contribution is -0.124. The summed E-state index contributed by atoms with van der Waals surface area (Å²) < 4.78 is 16.4. The maximum absolute atomic E-state index is 14.0. The van der Waals surface area contributed by atoms with E-state index in [0.717, 1.165) is 22.8 Å². The van der Waals surface area contributed by atoms with Gasteiger partial charge >= 0.3 is 0 Å². The average molecular weight is 475 g/mol. The molecule has 0 atom stereocenters. The number of carbonyl (C=O) groups excluding carboxylic acids is 1. The summed E-state index contributed by atoms with van der Waals surface area (Å²) in [6.45, 7) is 18.6. The first-order chi connectivity index (χ1) is 16.5. The molecule has 0 unspecified atom stereocenters. The second-order valence-corrected chi connectivity index (χ2v) is 9.35. The summed E-state index contributed by atoms with van der Waals surface area (Å²) in [6, 6.07) is 9.58. The molecule has 0 spiro atoms. The number of hydrogen-bond acceptors (Lipinski definition) is 1. The predicted octanol–water partition coefficient (Wildman–Crippen LogP) is 8.53. The number of amides is 1. The van der Waals surface area contributed by atoms with Crippen molar-refractivity contribution in [2.24, 2.45) is 0 Å². The molecule has 1 fully saturated rings. The third-order valence-corrected chi connectivity index (χ3v) is 6.18. The lowest BCUT2D eigenvalue weighted by Gasteiger charge is -2.22. The Morgan fingerprint density at radius 1 is 1.09 bits per heavy atom. The van der Waals surface area contributed by atoms with Crippen LogP contribution in [0, 0.1) is 6.92 Å². The minimum absolute atomic E-state index is 0.249. The highest BCUT2D eigenvalue weighted by Gasteiger charge is 2.24. The number of nitrogens with zero attached hydrogens (tertiary/aromatic N) is 2. The molecule has 0 saturated heterocycles. The zero-order valence-electron chi connectivity index (χ0n) is 22.3. The van der Waals surface area contributed by atoms with Gasteiger partial charge < -0.3 is 9.47 Å². The van der Waals surface area contributed by atoms with Crippen LogP contribution in [0.15, 0.2) is 102 Å². The molecule has 1 saturated carbocycles. The summed E-state index contributed by atoms with van der Waals surface area (Å²) in [5.41, 5.74) is 6.23. The summed E-state index contributed by atoms with van der Waals surface area (Å²) in [6.07, 6.45) is 10.9. The Labute approximate surface area is 210 Å². The molecule has 0 aliphatic heterocycles. The first-order valence-electron chi connectivity index (χ1n) is 12.0. The highest BCUT2D eigenvalue weighted by atomic mass is 19.1. The van der Waals surface area contributed by atoms with Crippen LogP contribution in [0.3, 0.4) is 0 Å². The molecule has 0 radical (unpaired) electrons. The van der Waals surface area contributed by atoms with Gasteiger partial charge in [0.15, 0.2) is 0 Å². The summed E-state index contributed by atoms with van der Waals surface area (Å²) in [5.74, 6) is -0.725. The van der Waals surface area contributed by atoms with Gasteiger partial charge in [0.1, 0.15) is 5.83 Å². The molecule has 1 aromatic carbocycles. The van der Waals surface area contributed by atoms with E-state index in [1.54, 1.807) is 20.0 Å². The van der Waals surface area contributed by atoms with E-state index in [1.807, 2.05) is 27.7 Å². The van der Waals surface area contributed by atoms with Crippen LogP contribution in [-0.4, -0.2) is 22.4 Å². The summed E-state index contributed by atoms with van der Waals surface area (Å²) in [4.78, 5) is 14.1. The van der Waals surface area contributed by atoms with Crippen molar-refractivity contribution >= 4 is 16.8 Å². The van der Waals surface area contributed by atoms with Crippen LogP contribution < -0.4 is 0 Å². The number of fused-ring (bicyclic) bond motifs is 1. The standard InChI is InChI=1S/C19H26FNO.C12H13N/c1-9-11-12-17(20)15(7)21(8)19(22)18(14(5)6)16(10-2)13(3)4;1-9-3-2-4-12-11(9)7-8-13(12)10-5-6-10/h9-12H,1-2H2,3-8H3;2-4,7-8,10H,5-6H2,1H3/b12-11-,17-15-;. The van der Waals surface area contributed by atoms with Crippen LogP contribution in [0.5, 0.6) is 0 Å². The largest absolute Gasteiger partial charge is 0.344 e. The van der Waals surface area contributed by atoms with Crippen LogP contribution in [0.4, 0.5) is 4.39 Å². The molecule has 1 heterocycles. The minimum Gasteiger partial charge on any atom is -0.344 e. The maximum atomic E-state index is 14.0. The third kappa shape index (κ3) is 6.82. The molecule has 0 bridgehead atoms. The molecule has 1 aliphatic rings. The molecule has 1 aromatic heterocycles. The van der Waals surface area contributed by atoms with Crippen LogP contribution in [0.2, 0.25) is 0 Å². The van der Waals surface area contributed by atoms with Gasteiger partial charge in [0.2, 0.25) is 0 Å². The molecule has 3 nitrogen and oxygen atoms in total. The summed E-state index contributed by atoms with van der Waals surface area (Å²) >= 11 is 0. The van der Waals surface area contributed by atoms with Crippen molar-refractivity contribution in [3.63, 3.8) is 0 Å². The van der Waals surface area contributed by atoms with Crippen LogP contribution >= 0.6 is 0 Å². The quantitative estimate of drug-likeness (QED) is 0.291. The Hall–Kier alpha value is -3.40. The topological polar surface area (TPSA) is 25.2 Å². The van der Waals surface area contributed by atoms with E-state index in [1.165, 1.54) is 52.4 Å². The number of benzene rings is 1. The van der Waals surface area contributed by atoms with Crippen molar-refractivity contribution in [3.05, 3.63) is 107 Å². The molecule has 1 aliphatic carbocycles. The highest BCUT2D eigenvalue weighted by molar-refractivity contribution is 6.00. The average Bonchev–Trinajstić information content (AvgIpc) is 3.57. The Morgan fingerprint density at radius 3 is 2.26 bits per heavy atom. The van der Waals surface area contributed by atoms with Gasteiger partial charge in [0.25, 0.3) is 5.91 Å². The second kappa shape index (κ2) is 12.3. The number of aromatic nitrogens is 1. The minimum atomic E-state index is -0.471. The first kappa shape index (κ1) is 27.8. The van der Waals surface area contributed by atoms with Gasteiger partial charge in [-0.3, -0.25) is 4.79 Å². The van der Waals surface area contributed by atoms with Crippen molar-refractivity contribution in [1.29, 1.82) is 0 Å². The van der Waals surface area contributed by atoms with Gasteiger partial charge in [0, 0.05) is 35.8 Å². The molecular formula is C31H39FN2O. The molecule has 4 heteroatoms. The van der Waals surface area contributed by atoms with Gasteiger partial charge in [0.05, 0.1) is 5.70 Å². The number of allylic oxidation sites excluding steroid dienone is 8. The fourth-order valence-electron chi connectivity index (χ4n) is 3.92. The number of likely N-dealkylation sites (N-methyl/N-ethyl adjacent to an activating group) is 1. The number of aryl methyl sites for hydroxylation is 1. The smallest absolute Gasteiger partial charge is 0.258 e. The predicted molar refractivity (Wildman–Crippen MR) is 148 cm³/mol. The zero-order valence-corrected chi connectivity index (χ0v) is 22.3. The Balaban J connectivity index is 0.000000276. The van der Waals surface area contributed by atoms with Crippen LogP contribution in [0.1, 0.15) is 59.1 Å². The molecular weight excluding hydrogens is 435 g/mol. The lowest BCUT2D eigenvalue weighted by atomic mass is 9.96.